The normalized spacial score (nSPS) is 12.0. The SMILES string of the molecule is CCOc1ccc(S(=O)(=O)N[C@H](Cc2ccccc2)C(=O)Nc2cc(OC)ccc2OC)cc1C. The van der Waals surface area contributed by atoms with Crippen molar-refractivity contribution in [1.29, 1.82) is 0 Å². The van der Waals surface area contributed by atoms with E-state index in [0.717, 1.165) is 5.56 Å². The lowest BCUT2D eigenvalue weighted by Crippen LogP contribution is -2.45. The molecule has 0 heterocycles. The first-order valence-electron chi connectivity index (χ1n) is 11.1. The van der Waals surface area contributed by atoms with E-state index < -0.39 is 22.0 Å². The predicted molar refractivity (Wildman–Crippen MR) is 135 cm³/mol. The molecular weight excluding hydrogens is 468 g/mol. The monoisotopic (exact) mass is 498 g/mol. The molecule has 0 unspecified atom stereocenters. The zero-order chi connectivity index (χ0) is 25.4. The number of carbonyl (C=O) groups excluding carboxylic acids is 1. The molecule has 0 aromatic heterocycles. The summed E-state index contributed by atoms with van der Waals surface area (Å²) in [6.07, 6.45) is 0.147. The molecule has 1 amide bonds. The van der Waals surface area contributed by atoms with Crippen molar-refractivity contribution in [3.63, 3.8) is 0 Å². The molecule has 3 aromatic rings. The number of rotatable bonds is 11. The van der Waals surface area contributed by atoms with Gasteiger partial charge in [-0.2, -0.15) is 4.72 Å². The summed E-state index contributed by atoms with van der Waals surface area (Å²) < 4.78 is 45.2. The Kier molecular flexibility index (Phi) is 8.73. The highest BCUT2D eigenvalue weighted by atomic mass is 32.2. The largest absolute Gasteiger partial charge is 0.497 e. The molecule has 0 saturated heterocycles. The number of benzene rings is 3. The maximum atomic E-state index is 13.3. The topological polar surface area (TPSA) is 103 Å². The van der Waals surface area contributed by atoms with Crippen molar-refractivity contribution in [3.05, 3.63) is 77.9 Å². The zero-order valence-corrected chi connectivity index (χ0v) is 21.0. The molecule has 3 aromatic carbocycles. The first kappa shape index (κ1) is 26.1. The van der Waals surface area contributed by atoms with Gasteiger partial charge in [-0.3, -0.25) is 4.79 Å². The molecule has 0 bridgehead atoms. The Balaban J connectivity index is 1.91. The standard InChI is InChI=1S/C26H30N2O6S/c1-5-34-24-14-12-21(15-18(24)2)35(30,31)28-23(16-19-9-7-6-8-10-19)26(29)27-22-17-20(32-3)11-13-25(22)33-4/h6-15,17,23,28H,5,16H2,1-4H3,(H,27,29)/t23-/m1/s1. The van der Waals surface area contributed by atoms with Crippen LogP contribution in [0.15, 0.2) is 71.6 Å². The first-order valence-corrected chi connectivity index (χ1v) is 12.6. The molecule has 35 heavy (non-hydrogen) atoms. The number of sulfonamides is 1. The summed E-state index contributed by atoms with van der Waals surface area (Å²) in [6, 6.07) is 17.7. The van der Waals surface area contributed by atoms with Crippen molar-refractivity contribution in [3.8, 4) is 17.2 Å². The van der Waals surface area contributed by atoms with Crippen molar-refractivity contribution >= 4 is 21.6 Å². The summed E-state index contributed by atoms with van der Waals surface area (Å²) in [5.74, 6) is 1.01. The summed E-state index contributed by atoms with van der Waals surface area (Å²) in [4.78, 5) is 13.4. The van der Waals surface area contributed by atoms with Crippen LogP contribution in [-0.4, -0.2) is 41.2 Å². The third kappa shape index (κ3) is 6.74. The lowest BCUT2D eigenvalue weighted by atomic mass is 10.1. The Morgan fingerprint density at radius 1 is 0.943 bits per heavy atom. The molecule has 8 nitrogen and oxygen atoms in total. The molecule has 0 aliphatic heterocycles. The number of hydrogen-bond donors (Lipinski definition) is 2. The van der Waals surface area contributed by atoms with E-state index in [1.54, 1.807) is 31.2 Å². The maximum absolute atomic E-state index is 13.3. The van der Waals surface area contributed by atoms with Gasteiger partial charge in [0.1, 0.15) is 23.3 Å². The molecule has 2 N–H and O–H groups in total. The van der Waals surface area contributed by atoms with Gasteiger partial charge in [0.2, 0.25) is 15.9 Å². The Morgan fingerprint density at radius 3 is 2.29 bits per heavy atom. The van der Waals surface area contributed by atoms with Crippen LogP contribution in [0, 0.1) is 6.92 Å². The zero-order valence-electron chi connectivity index (χ0n) is 20.2. The second kappa shape index (κ2) is 11.7. The Hall–Kier alpha value is -3.56. The molecule has 3 rings (SSSR count). The van der Waals surface area contributed by atoms with Gasteiger partial charge in [-0.05, 0) is 61.7 Å². The molecule has 0 spiro atoms. The average molecular weight is 499 g/mol. The molecule has 0 aliphatic rings. The van der Waals surface area contributed by atoms with Crippen LogP contribution in [-0.2, 0) is 21.2 Å². The predicted octanol–water partition coefficient (Wildman–Crippen LogP) is 3.94. The fourth-order valence-electron chi connectivity index (χ4n) is 3.53. The number of anilines is 1. The van der Waals surface area contributed by atoms with Crippen LogP contribution < -0.4 is 24.2 Å². The Labute approximate surface area is 206 Å². The van der Waals surface area contributed by atoms with Crippen LogP contribution >= 0.6 is 0 Å². The van der Waals surface area contributed by atoms with Crippen LogP contribution in [0.5, 0.6) is 17.2 Å². The lowest BCUT2D eigenvalue weighted by molar-refractivity contribution is -0.117. The van der Waals surface area contributed by atoms with Gasteiger partial charge in [0.25, 0.3) is 0 Å². The minimum absolute atomic E-state index is 0.0447. The average Bonchev–Trinajstić information content (AvgIpc) is 2.85. The number of amides is 1. The van der Waals surface area contributed by atoms with E-state index in [2.05, 4.69) is 10.0 Å². The summed E-state index contributed by atoms with van der Waals surface area (Å²) in [7, 11) is -1.03. The van der Waals surface area contributed by atoms with Crippen molar-refractivity contribution in [2.24, 2.45) is 0 Å². The van der Waals surface area contributed by atoms with E-state index in [1.807, 2.05) is 37.3 Å². The highest BCUT2D eigenvalue weighted by Gasteiger charge is 2.27. The van der Waals surface area contributed by atoms with E-state index >= 15 is 0 Å². The van der Waals surface area contributed by atoms with Gasteiger partial charge in [0.15, 0.2) is 0 Å². The summed E-state index contributed by atoms with van der Waals surface area (Å²) >= 11 is 0. The van der Waals surface area contributed by atoms with E-state index in [0.29, 0.717) is 35.1 Å². The van der Waals surface area contributed by atoms with Gasteiger partial charge in [0, 0.05) is 6.07 Å². The molecule has 1 atom stereocenters. The quantitative estimate of drug-likeness (QED) is 0.415. The third-order valence-electron chi connectivity index (χ3n) is 5.32. The minimum Gasteiger partial charge on any atom is -0.497 e. The summed E-state index contributed by atoms with van der Waals surface area (Å²) in [6.45, 7) is 4.10. The number of aryl methyl sites for hydroxylation is 1. The smallest absolute Gasteiger partial charge is 0.243 e. The van der Waals surface area contributed by atoms with Crippen LogP contribution in [0.25, 0.3) is 0 Å². The second-order valence-electron chi connectivity index (χ2n) is 7.78. The lowest BCUT2D eigenvalue weighted by Gasteiger charge is -2.20. The van der Waals surface area contributed by atoms with Crippen molar-refractivity contribution in [2.45, 2.75) is 31.2 Å². The molecular formula is C26H30N2O6S. The van der Waals surface area contributed by atoms with E-state index in [-0.39, 0.29) is 11.3 Å². The first-order chi connectivity index (χ1) is 16.8. The fraction of sp³-hybridized carbons (Fsp3) is 0.269. The number of hydrogen-bond acceptors (Lipinski definition) is 6. The van der Waals surface area contributed by atoms with Gasteiger partial charge in [-0.15, -0.1) is 0 Å². The molecule has 0 saturated carbocycles. The van der Waals surface area contributed by atoms with Crippen molar-refractivity contribution in [2.75, 3.05) is 26.1 Å². The van der Waals surface area contributed by atoms with Crippen LogP contribution in [0.1, 0.15) is 18.1 Å². The van der Waals surface area contributed by atoms with Crippen molar-refractivity contribution in [1.82, 2.24) is 4.72 Å². The minimum atomic E-state index is -4.02. The molecule has 9 heteroatoms. The van der Waals surface area contributed by atoms with Crippen LogP contribution in [0.2, 0.25) is 0 Å². The molecule has 0 fully saturated rings. The summed E-state index contributed by atoms with van der Waals surface area (Å²) in [5.41, 5.74) is 1.85. The molecule has 0 aliphatic carbocycles. The van der Waals surface area contributed by atoms with Gasteiger partial charge in [-0.25, -0.2) is 8.42 Å². The number of carbonyl (C=O) groups is 1. The van der Waals surface area contributed by atoms with Crippen LogP contribution in [0.4, 0.5) is 5.69 Å². The second-order valence-corrected chi connectivity index (χ2v) is 9.49. The van der Waals surface area contributed by atoms with Gasteiger partial charge in [0.05, 0.1) is 31.4 Å². The number of ether oxygens (including phenoxy) is 3. The molecule has 0 radical (unpaired) electrons. The van der Waals surface area contributed by atoms with Crippen LogP contribution in [0.3, 0.4) is 0 Å². The fourth-order valence-corrected chi connectivity index (χ4v) is 4.81. The highest BCUT2D eigenvalue weighted by Crippen LogP contribution is 2.29. The van der Waals surface area contributed by atoms with Gasteiger partial charge in [-0.1, -0.05) is 30.3 Å². The third-order valence-corrected chi connectivity index (χ3v) is 6.79. The maximum Gasteiger partial charge on any atom is 0.243 e. The van der Waals surface area contributed by atoms with E-state index in [1.165, 1.54) is 26.4 Å². The van der Waals surface area contributed by atoms with Crippen molar-refractivity contribution < 1.29 is 27.4 Å². The van der Waals surface area contributed by atoms with E-state index in [9.17, 15) is 13.2 Å². The van der Waals surface area contributed by atoms with Gasteiger partial charge < -0.3 is 19.5 Å². The van der Waals surface area contributed by atoms with E-state index in [4.69, 9.17) is 14.2 Å². The number of nitrogens with one attached hydrogen (secondary N) is 2. The summed E-state index contributed by atoms with van der Waals surface area (Å²) in [5, 5.41) is 2.78. The van der Waals surface area contributed by atoms with Gasteiger partial charge >= 0.3 is 0 Å². The Bertz CT molecular complexity index is 1260. The number of methoxy groups -OCH3 is 2. The Morgan fingerprint density at radius 2 is 1.66 bits per heavy atom. The highest BCUT2D eigenvalue weighted by molar-refractivity contribution is 7.89. The molecule has 186 valence electrons.